The fraction of sp³-hybridized carbons (Fsp3) is 0.600. The molecule has 0 saturated carbocycles. The lowest BCUT2D eigenvalue weighted by atomic mass is 10.1. The van der Waals surface area contributed by atoms with Gasteiger partial charge in [0, 0.05) is 13.2 Å². The first-order chi connectivity index (χ1) is 12.9. The van der Waals surface area contributed by atoms with Crippen molar-refractivity contribution in [2.45, 2.75) is 58.5 Å². The SMILES string of the molecule is CC(OCC1CCCO1)C(=O)OC(C(=O)NCc1ccc(F)cc1)C(C)C. The maximum atomic E-state index is 12.9. The summed E-state index contributed by atoms with van der Waals surface area (Å²) in [6, 6.07) is 5.84. The summed E-state index contributed by atoms with van der Waals surface area (Å²) < 4.78 is 29.3. The van der Waals surface area contributed by atoms with Gasteiger partial charge in [-0.3, -0.25) is 4.79 Å². The highest BCUT2D eigenvalue weighted by Crippen LogP contribution is 2.14. The van der Waals surface area contributed by atoms with Gasteiger partial charge in [0.15, 0.2) is 12.2 Å². The van der Waals surface area contributed by atoms with Crippen molar-refractivity contribution in [2.75, 3.05) is 13.2 Å². The van der Waals surface area contributed by atoms with Gasteiger partial charge in [0.05, 0.1) is 12.7 Å². The topological polar surface area (TPSA) is 73.9 Å². The van der Waals surface area contributed by atoms with E-state index in [0.29, 0.717) is 6.61 Å². The number of amides is 1. The molecule has 0 bridgehead atoms. The zero-order valence-electron chi connectivity index (χ0n) is 16.1. The van der Waals surface area contributed by atoms with Gasteiger partial charge in [-0.15, -0.1) is 0 Å². The van der Waals surface area contributed by atoms with Crippen molar-refractivity contribution in [3.63, 3.8) is 0 Å². The molecule has 7 heteroatoms. The van der Waals surface area contributed by atoms with E-state index in [1.807, 2.05) is 0 Å². The van der Waals surface area contributed by atoms with Crippen LogP contribution in [0.5, 0.6) is 0 Å². The first-order valence-electron chi connectivity index (χ1n) is 9.32. The number of halogens is 1. The number of carbonyl (C=O) groups is 2. The predicted octanol–water partition coefficient (Wildman–Crippen LogP) is 2.59. The van der Waals surface area contributed by atoms with Crippen LogP contribution in [-0.4, -0.2) is 43.4 Å². The fourth-order valence-corrected chi connectivity index (χ4v) is 2.70. The van der Waals surface area contributed by atoms with Crippen molar-refractivity contribution in [1.82, 2.24) is 5.32 Å². The molecule has 1 fully saturated rings. The van der Waals surface area contributed by atoms with Gasteiger partial charge in [0.2, 0.25) is 0 Å². The molecule has 1 heterocycles. The van der Waals surface area contributed by atoms with Crippen LogP contribution in [0.3, 0.4) is 0 Å². The van der Waals surface area contributed by atoms with Gasteiger partial charge in [0.1, 0.15) is 5.82 Å². The van der Waals surface area contributed by atoms with Crippen LogP contribution in [0.1, 0.15) is 39.2 Å². The number of hydrogen-bond donors (Lipinski definition) is 1. The Morgan fingerprint density at radius 3 is 2.56 bits per heavy atom. The number of ether oxygens (including phenoxy) is 3. The average molecular weight is 381 g/mol. The molecule has 1 amide bonds. The summed E-state index contributed by atoms with van der Waals surface area (Å²) in [6.45, 7) is 6.48. The lowest BCUT2D eigenvalue weighted by Crippen LogP contribution is -2.42. The monoisotopic (exact) mass is 381 g/mol. The van der Waals surface area contributed by atoms with Gasteiger partial charge in [-0.2, -0.15) is 0 Å². The van der Waals surface area contributed by atoms with E-state index in [4.69, 9.17) is 14.2 Å². The Labute approximate surface area is 159 Å². The molecule has 6 nitrogen and oxygen atoms in total. The van der Waals surface area contributed by atoms with Gasteiger partial charge in [-0.25, -0.2) is 9.18 Å². The quantitative estimate of drug-likeness (QED) is 0.666. The summed E-state index contributed by atoms with van der Waals surface area (Å²) in [6.07, 6.45) is 0.228. The molecule has 3 atom stereocenters. The first kappa shape index (κ1) is 21.3. The summed E-state index contributed by atoms with van der Waals surface area (Å²) in [4.78, 5) is 24.7. The minimum atomic E-state index is -0.924. The number of rotatable bonds is 9. The van der Waals surface area contributed by atoms with Crippen molar-refractivity contribution < 1.29 is 28.2 Å². The zero-order chi connectivity index (χ0) is 19.8. The molecule has 1 saturated heterocycles. The second-order valence-corrected chi connectivity index (χ2v) is 7.06. The summed E-state index contributed by atoms with van der Waals surface area (Å²) >= 11 is 0. The molecule has 1 aliphatic rings. The standard InChI is InChI=1S/C20H28FNO5/c1-13(2)18(19(23)22-11-15-6-8-16(21)9-7-15)27-20(24)14(3)26-12-17-5-4-10-25-17/h6-9,13-14,17-18H,4-5,10-12H2,1-3H3,(H,22,23). The summed E-state index contributed by atoms with van der Waals surface area (Å²) in [5.41, 5.74) is 0.756. The van der Waals surface area contributed by atoms with E-state index in [0.717, 1.165) is 25.0 Å². The highest BCUT2D eigenvalue weighted by atomic mass is 19.1. The van der Waals surface area contributed by atoms with E-state index in [1.165, 1.54) is 12.1 Å². The molecule has 0 spiro atoms. The Hall–Kier alpha value is -1.99. The maximum Gasteiger partial charge on any atom is 0.335 e. The molecule has 1 aromatic rings. The molecule has 3 unspecified atom stereocenters. The molecule has 150 valence electrons. The predicted molar refractivity (Wildman–Crippen MR) is 97.4 cm³/mol. The zero-order valence-corrected chi connectivity index (χ0v) is 16.1. The van der Waals surface area contributed by atoms with Crippen molar-refractivity contribution >= 4 is 11.9 Å². The summed E-state index contributed by atoms with van der Waals surface area (Å²) in [7, 11) is 0. The number of esters is 1. The van der Waals surface area contributed by atoms with Crippen LogP contribution in [0.25, 0.3) is 0 Å². The Balaban J connectivity index is 1.82. The molecule has 1 aromatic carbocycles. The fourth-order valence-electron chi connectivity index (χ4n) is 2.70. The highest BCUT2D eigenvalue weighted by Gasteiger charge is 2.29. The minimum absolute atomic E-state index is 0.0140. The van der Waals surface area contributed by atoms with Gasteiger partial charge in [-0.1, -0.05) is 26.0 Å². The molecular weight excluding hydrogens is 353 g/mol. The molecule has 1 aliphatic heterocycles. The maximum absolute atomic E-state index is 12.9. The number of hydrogen-bond acceptors (Lipinski definition) is 5. The molecule has 0 aromatic heterocycles. The van der Waals surface area contributed by atoms with Crippen LogP contribution in [0.15, 0.2) is 24.3 Å². The molecule has 27 heavy (non-hydrogen) atoms. The van der Waals surface area contributed by atoms with Crippen LogP contribution >= 0.6 is 0 Å². The van der Waals surface area contributed by atoms with E-state index in [9.17, 15) is 14.0 Å². The molecule has 0 radical (unpaired) electrons. The van der Waals surface area contributed by atoms with E-state index >= 15 is 0 Å². The van der Waals surface area contributed by atoms with Gasteiger partial charge >= 0.3 is 5.97 Å². The summed E-state index contributed by atoms with van der Waals surface area (Å²) in [5, 5.41) is 2.72. The molecule has 0 aliphatic carbocycles. The third-order valence-electron chi connectivity index (χ3n) is 4.38. The second kappa shape index (κ2) is 10.4. The van der Waals surface area contributed by atoms with Crippen molar-refractivity contribution in [3.05, 3.63) is 35.6 Å². The van der Waals surface area contributed by atoms with Gasteiger partial charge in [-0.05, 0) is 43.4 Å². The first-order valence-corrected chi connectivity index (χ1v) is 9.32. The van der Waals surface area contributed by atoms with Gasteiger partial charge < -0.3 is 19.5 Å². The van der Waals surface area contributed by atoms with E-state index in [1.54, 1.807) is 32.9 Å². The van der Waals surface area contributed by atoms with Crippen LogP contribution in [-0.2, 0) is 30.3 Å². The number of carbonyl (C=O) groups excluding carboxylic acids is 2. The van der Waals surface area contributed by atoms with Crippen molar-refractivity contribution in [2.24, 2.45) is 5.92 Å². The number of nitrogens with one attached hydrogen (secondary N) is 1. The van der Waals surface area contributed by atoms with E-state index < -0.39 is 24.1 Å². The molecular formula is C20H28FNO5. The normalized spacial score (nSPS) is 18.9. The van der Waals surface area contributed by atoms with Crippen LogP contribution < -0.4 is 5.32 Å². The molecule has 1 N–H and O–H groups in total. The Bertz CT molecular complexity index is 613. The minimum Gasteiger partial charge on any atom is -0.450 e. The number of benzene rings is 1. The van der Waals surface area contributed by atoms with Gasteiger partial charge in [0.25, 0.3) is 5.91 Å². The highest BCUT2D eigenvalue weighted by molar-refractivity contribution is 5.84. The smallest absolute Gasteiger partial charge is 0.335 e. The Morgan fingerprint density at radius 2 is 1.96 bits per heavy atom. The average Bonchev–Trinajstić information content (AvgIpc) is 3.16. The van der Waals surface area contributed by atoms with Crippen LogP contribution in [0.2, 0.25) is 0 Å². The Kier molecular flexibility index (Phi) is 8.19. The second-order valence-electron chi connectivity index (χ2n) is 7.06. The third kappa shape index (κ3) is 6.92. The van der Waals surface area contributed by atoms with Crippen molar-refractivity contribution in [1.29, 1.82) is 0 Å². The molecule has 2 rings (SSSR count). The van der Waals surface area contributed by atoms with Crippen molar-refractivity contribution in [3.8, 4) is 0 Å². The third-order valence-corrected chi connectivity index (χ3v) is 4.38. The largest absolute Gasteiger partial charge is 0.450 e. The van der Waals surface area contributed by atoms with E-state index in [-0.39, 0.29) is 24.4 Å². The lowest BCUT2D eigenvalue weighted by molar-refractivity contribution is -0.169. The Morgan fingerprint density at radius 1 is 1.26 bits per heavy atom. The van der Waals surface area contributed by atoms with Crippen LogP contribution in [0.4, 0.5) is 4.39 Å². The summed E-state index contributed by atoms with van der Waals surface area (Å²) in [5.74, 6) is -1.51. The van der Waals surface area contributed by atoms with Crippen LogP contribution in [0, 0.1) is 11.7 Å². The lowest BCUT2D eigenvalue weighted by Gasteiger charge is -2.23. The van der Waals surface area contributed by atoms with E-state index in [2.05, 4.69) is 5.32 Å².